The zero-order chi connectivity index (χ0) is 26.0. The first kappa shape index (κ1) is 25.0. The van der Waals surface area contributed by atoms with Gasteiger partial charge in [-0.2, -0.15) is 0 Å². The van der Waals surface area contributed by atoms with Gasteiger partial charge in [-0.1, -0.05) is 64.1 Å². The van der Waals surface area contributed by atoms with Crippen LogP contribution in [-0.2, 0) is 4.79 Å². The third-order valence-electron chi connectivity index (χ3n) is 6.30. The van der Waals surface area contributed by atoms with Gasteiger partial charge in [0.05, 0.1) is 0 Å². The number of carboxylic acid groups (broad SMARTS) is 1. The molecule has 0 aliphatic heterocycles. The summed E-state index contributed by atoms with van der Waals surface area (Å²) in [5.74, 6) is -1.36. The predicted molar refractivity (Wildman–Crippen MR) is 141 cm³/mol. The molecule has 4 rings (SSSR count). The van der Waals surface area contributed by atoms with Crippen molar-refractivity contribution in [2.75, 3.05) is 5.32 Å². The monoisotopic (exact) mass is 486 g/mol. The molecule has 186 valence electrons. The fraction of sp³-hybridized carbons (Fsp3) is 0.276. The number of nitrogens with one attached hydrogen (secondary N) is 2. The van der Waals surface area contributed by atoms with Crippen LogP contribution in [-0.4, -0.2) is 28.9 Å². The maximum Gasteiger partial charge on any atom is 0.326 e. The minimum absolute atomic E-state index is 0.157. The first-order chi connectivity index (χ1) is 17.2. The van der Waals surface area contributed by atoms with Crippen molar-refractivity contribution in [3.05, 3.63) is 77.4 Å². The molecule has 0 spiro atoms. The number of fused-ring (bicyclic) bond motifs is 3. The van der Waals surface area contributed by atoms with E-state index in [1.54, 1.807) is 18.2 Å². The van der Waals surface area contributed by atoms with Crippen LogP contribution in [0.25, 0.3) is 21.9 Å². The molecule has 4 aromatic rings. The number of aliphatic carboxylic acids is 1. The van der Waals surface area contributed by atoms with Gasteiger partial charge in [0.25, 0.3) is 0 Å². The second-order valence-corrected chi connectivity index (χ2v) is 9.55. The Kier molecular flexibility index (Phi) is 7.10. The smallest absolute Gasteiger partial charge is 0.326 e. The molecular weight excluding hydrogens is 456 g/mol. The third kappa shape index (κ3) is 5.10. The van der Waals surface area contributed by atoms with Crippen LogP contribution >= 0.6 is 0 Å². The molecule has 3 N–H and O–H groups in total. The van der Waals surface area contributed by atoms with Crippen LogP contribution in [0.5, 0.6) is 0 Å². The molecule has 1 unspecified atom stereocenters. The number of rotatable bonds is 8. The largest absolute Gasteiger partial charge is 0.480 e. The van der Waals surface area contributed by atoms with Crippen LogP contribution in [0.4, 0.5) is 10.5 Å². The summed E-state index contributed by atoms with van der Waals surface area (Å²) in [5, 5.41) is 16.7. The first-order valence-corrected chi connectivity index (χ1v) is 12.0. The molecule has 0 fully saturated rings. The number of carbonyl (C=O) groups excluding carboxylic acids is 2. The summed E-state index contributed by atoms with van der Waals surface area (Å²) in [5.41, 5.74) is 4.30. The lowest BCUT2D eigenvalue weighted by Gasteiger charge is -2.21. The molecule has 36 heavy (non-hydrogen) atoms. The summed E-state index contributed by atoms with van der Waals surface area (Å²) in [7, 11) is 0. The van der Waals surface area contributed by atoms with Crippen molar-refractivity contribution in [3.8, 4) is 0 Å². The molecule has 3 aromatic carbocycles. The van der Waals surface area contributed by atoms with E-state index in [1.165, 1.54) is 0 Å². The lowest BCUT2D eigenvalue weighted by atomic mass is 9.93. The van der Waals surface area contributed by atoms with Gasteiger partial charge in [-0.3, -0.25) is 4.79 Å². The van der Waals surface area contributed by atoms with Crippen LogP contribution in [0, 0.1) is 0 Å². The number of urea groups is 1. The van der Waals surface area contributed by atoms with Gasteiger partial charge < -0.3 is 20.2 Å². The molecule has 0 saturated heterocycles. The third-order valence-corrected chi connectivity index (χ3v) is 6.30. The summed E-state index contributed by atoms with van der Waals surface area (Å²) >= 11 is 0. The molecule has 1 atom stereocenters. The molecule has 2 amide bonds. The topological polar surface area (TPSA) is 109 Å². The number of anilines is 1. The summed E-state index contributed by atoms with van der Waals surface area (Å²) < 4.78 is 5.80. The van der Waals surface area contributed by atoms with E-state index in [4.69, 9.17) is 4.42 Å². The summed E-state index contributed by atoms with van der Waals surface area (Å²) in [4.78, 5) is 37.8. The van der Waals surface area contributed by atoms with Crippen molar-refractivity contribution in [2.24, 2.45) is 0 Å². The van der Waals surface area contributed by atoms with Crippen LogP contribution in [0.3, 0.4) is 0 Å². The number of ketones is 1. The SMILES string of the molecule is CC(C)c1cccc(C(C)C)c1NC(=O)NC(CC(=O)c1ccc2oc3ccccc3c2c1)C(=O)O. The highest BCUT2D eigenvalue weighted by Gasteiger charge is 2.25. The number of hydrogen-bond acceptors (Lipinski definition) is 4. The standard InChI is InChI=1S/C29H30N2O5/c1-16(2)19-9-7-10-20(17(3)4)27(19)31-29(35)30-23(28(33)34)15-24(32)18-12-13-26-22(14-18)21-8-5-6-11-25(21)36-26/h5-14,16-17,23H,15H2,1-4H3,(H,33,34)(H2,30,31,35). The molecule has 0 aliphatic carbocycles. The minimum Gasteiger partial charge on any atom is -0.480 e. The van der Waals surface area contributed by atoms with Crippen molar-refractivity contribution in [2.45, 2.75) is 52.0 Å². The molecule has 1 aromatic heterocycles. The number of carboxylic acids is 1. The van der Waals surface area contributed by atoms with Crippen LogP contribution in [0.2, 0.25) is 0 Å². The van der Waals surface area contributed by atoms with E-state index in [9.17, 15) is 19.5 Å². The zero-order valence-electron chi connectivity index (χ0n) is 20.8. The van der Waals surface area contributed by atoms with E-state index in [0.29, 0.717) is 22.4 Å². The highest BCUT2D eigenvalue weighted by Crippen LogP contribution is 2.32. The average Bonchev–Trinajstić information content (AvgIpc) is 3.21. The van der Waals surface area contributed by atoms with Gasteiger partial charge in [-0.15, -0.1) is 0 Å². The Morgan fingerprint density at radius 3 is 2.11 bits per heavy atom. The molecule has 0 radical (unpaired) electrons. The van der Waals surface area contributed by atoms with E-state index < -0.39 is 18.0 Å². The zero-order valence-corrected chi connectivity index (χ0v) is 20.8. The maximum atomic E-state index is 13.0. The van der Waals surface area contributed by atoms with E-state index in [-0.39, 0.29) is 24.0 Å². The molecule has 7 heteroatoms. The quantitative estimate of drug-likeness (QED) is 0.241. The predicted octanol–water partition coefficient (Wildman–Crippen LogP) is 6.68. The van der Waals surface area contributed by atoms with E-state index in [1.807, 2.05) is 70.2 Å². The van der Waals surface area contributed by atoms with Crippen LogP contribution in [0.1, 0.15) is 67.4 Å². The lowest BCUT2D eigenvalue weighted by Crippen LogP contribution is -2.44. The van der Waals surface area contributed by atoms with Crippen LogP contribution < -0.4 is 10.6 Å². The number of carbonyl (C=O) groups is 3. The van der Waals surface area contributed by atoms with Crippen molar-refractivity contribution >= 4 is 45.4 Å². The Balaban J connectivity index is 1.53. The average molecular weight is 487 g/mol. The number of benzene rings is 3. The first-order valence-electron chi connectivity index (χ1n) is 12.0. The number of hydrogen-bond donors (Lipinski definition) is 3. The second kappa shape index (κ2) is 10.2. The van der Waals surface area contributed by atoms with E-state index in [0.717, 1.165) is 21.9 Å². The van der Waals surface area contributed by atoms with Crippen molar-refractivity contribution < 1.29 is 23.9 Å². The van der Waals surface area contributed by atoms with Gasteiger partial charge in [0, 0.05) is 28.4 Å². The van der Waals surface area contributed by atoms with Crippen molar-refractivity contribution in [1.82, 2.24) is 5.32 Å². The van der Waals surface area contributed by atoms with Crippen molar-refractivity contribution in [3.63, 3.8) is 0 Å². The Morgan fingerprint density at radius 1 is 0.833 bits per heavy atom. The fourth-order valence-electron chi connectivity index (χ4n) is 4.41. The number of para-hydroxylation sites is 2. The van der Waals surface area contributed by atoms with E-state index in [2.05, 4.69) is 10.6 Å². The minimum atomic E-state index is -1.39. The Morgan fingerprint density at radius 2 is 1.47 bits per heavy atom. The molecule has 0 aliphatic rings. The van der Waals surface area contributed by atoms with Crippen LogP contribution in [0.15, 0.2) is 65.1 Å². The lowest BCUT2D eigenvalue weighted by molar-refractivity contribution is -0.139. The number of furan rings is 1. The Labute approximate surface area is 209 Å². The Hall–Kier alpha value is -4.13. The normalized spacial score (nSPS) is 12.3. The second-order valence-electron chi connectivity index (χ2n) is 9.55. The molecule has 0 bridgehead atoms. The highest BCUT2D eigenvalue weighted by atomic mass is 16.4. The number of amides is 2. The fourth-order valence-corrected chi connectivity index (χ4v) is 4.41. The van der Waals surface area contributed by atoms with E-state index >= 15 is 0 Å². The van der Waals surface area contributed by atoms with Gasteiger partial charge in [0.15, 0.2) is 5.78 Å². The summed E-state index contributed by atoms with van der Waals surface area (Å²) in [6.45, 7) is 8.12. The molecular formula is C29H30N2O5. The highest BCUT2D eigenvalue weighted by molar-refractivity contribution is 6.09. The van der Waals surface area contributed by atoms with Gasteiger partial charge >= 0.3 is 12.0 Å². The maximum absolute atomic E-state index is 13.0. The van der Waals surface area contributed by atoms with Gasteiger partial charge in [0.1, 0.15) is 17.2 Å². The molecule has 7 nitrogen and oxygen atoms in total. The van der Waals surface area contributed by atoms with Crippen molar-refractivity contribution in [1.29, 1.82) is 0 Å². The Bertz CT molecular complexity index is 1420. The van der Waals surface area contributed by atoms with Gasteiger partial charge in [-0.25, -0.2) is 9.59 Å². The summed E-state index contributed by atoms with van der Waals surface area (Å²) in [6, 6.07) is 16.3. The molecule has 1 heterocycles. The van der Waals surface area contributed by atoms with Gasteiger partial charge in [-0.05, 0) is 47.2 Å². The molecule has 0 saturated carbocycles. The van der Waals surface area contributed by atoms with Gasteiger partial charge in [0.2, 0.25) is 0 Å². The summed E-state index contributed by atoms with van der Waals surface area (Å²) in [6.07, 6.45) is -0.382. The number of Topliss-reactive ketones (excluding diaryl/α,β-unsaturated/α-hetero) is 1.